The van der Waals surface area contributed by atoms with Crippen LogP contribution in [-0.2, 0) is 9.59 Å². The third-order valence-corrected chi connectivity index (χ3v) is 4.30. The number of carbonyl (C=O) groups is 4. The van der Waals surface area contributed by atoms with Gasteiger partial charge in [-0.1, -0.05) is 25.3 Å². The average molecular weight is 402 g/mol. The molecule has 0 aliphatic heterocycles. The van der Waals surface area contributed by atoms with Gasteiger partial charge in [0.1, 0.15) is 11.5 Å². The van der Waals surface area contributed by atoms with Crippen LogP contribution in [0.15, 0.2) is 72.8 Å². The number of carbonyl (C=O) groups excluding carboxylic acids is 4. The van der Waals surface area contributed by atoms with E-state index in [1.54, 1.807) is 12.1 Å². The summed E-state index contributed by atoms with van der Waals surface area (Å²) in [5.74, 6) is -1.44. The van der Waals surface area contributed by atoms with Gasteiger partial charge in [0.2, 0.25) is 0 Å². The number of esters is 2. The lowest BCUT2D eigenvalue weighted by Crippen LogP contribution is -2.17. The first kappa shape index (κ1) is 20.7. The summed E-state index contributed by atoms with van der Waals surface area (Å²) >= 11 is 0. The van der Waals surface area contributed by atoms with Crippen molar-refractivity contribution in [2.45, 2.75) is 13.8 Å². The fraction of sp³-hybridized carbons (Fsp3) is 0.0833. The molecule has 0 spiro atoms. The monoisotopic (exact) mass is 402 g/mol. The molecule has 30 heavy (non-hydrogen) atoms. The van der Waals surface area contributed by atoms with Crippen molar-refractivity contribution in [3.8, 4) is 11.5 Å². The number of ketones is 2. The van der Waals surface area contributed by atoms with Crippen molar-refractivity contribution in [1.29, 1.82) is 0 Å². The maximum Gasteiger partial charge on any atom is 0.338 e. The zero-order valence-corrected chi connectivity index (χ0v) is 16.5. The summed E-state index contributed by atoms with van der Waals surface area (Å²) in [6, 6.07) is 10.5. The quantitative estimate of drug-likeness (QED) is 0.425. The van der Waals surface area contributed by atoms with Crippen LogP contribution in [0.3, 0.4) is 0 Å². The standard InChI is InChI=1S/C24H18O6/c1-13(2)23(27)29-16-7-5-15(6-8-16)19-12-21(25)20-11-17(30-24(28)14(3)4)9-10-18(20)22(19)26/h5-12H,1,3H2,2,4H3. The molecular formula is C24H18O6. The van der Waals surface area contributed by atoms with E-state index in [0.717, 1.165) is 0 Å². The average Bonchev–Trinajstić information content (AvgIpc) is 2.71. The zero-order chi connectivity index (χ0) is 22.0. The Labute approximate surface area is 173 Å². The molecule has 0 saturated heterocycles. The van der Waals surface area contributed by atoms with Crippen LogP contribution in [0.2, 0.25) is 0 Å². The number of rotatable bonds is 5. The molecule has 1 aliphatic rings. The van der Waals surface area contributed by atoms with Crippen LogP contribution in [0.4, 0.5) is 0 Å². The Morgan fingerprint density at radius 3 is 1.87 bits per heavy atom. The number of fused-ring (bicyclic) bond motifs is 1. The van der Waals surface area contributed by atoms with Crippen molar-refractivity contribution < 1.29 is 28.7 Å². The maximum atomic E-state index is 12.9. The number of Topliss-reactive ketones (excluding diaryl/α,β-unsaturated/α-hetero) is 1. The third-order valence-electron chi connectivity index (χ3n) is 4.30. The molecule has 0 bridgehead atoms. The second-order valence-electron chi connectivity index (χ2n) is 6.82. The van der Waals surface area contributed by atoms with Crippen molar-refractivity contribution >= 4 is 29.1 Å². The van der Waals surface area contributed by atoms with Gasteiger partial charge in [0.15, 0.2) is 11.6 Å². The third kappa shape index (κ3) is 4.17. The topological polar surface area (TPSA) is 86.7 Å². The summed E-state index contributed by atoms with van der Waals surface area (Å²) in [4.78, 5) is 48.8. The number of hydrogen-bond acceptors (Lipinski definition) is 6. The van der Waals surface area contributed by atoms with Gasteiger partial charge in [0.25, 0.3) is 0 Å². The van der Waals surface area contributed by atoms with Gasteiger partial charge < -0.3 is 9.47 Å². The van der Waals surface area contributed by atoms with Gasteiger partial charge in [0.05, 0.1) is 0 Å². The van der Waals surface area contributed by atoms with Crippen LogP contribution < -0.4 is 9.47 Å². The van der Waals surface area contributed by atoms with Crippen LogP contribution in [0.5, 0.6) is 11.5 Å². The van der Waals surface area contributed by atoms with Crippen molar-refractivity contribution in [3.05, 3.63) is 89.5 Å². The molecule has 150 valence electrons. The van der Waals surface area contributed by atoms with Gasteiger partial charge >= 0.3 is 11.9 Å². The summed E-state index contributed by atoms with van der Waals surface area (Å²) in [6.45, 7) is 10.1. The van der Waals surface area contributed by atoms with Gasteiger partial charge in [-0.3, -0.25) is 9.59 Å². The highest BCUT2D eigenvalue weighted by molar-refractivity contribution is 6.38. The van der Waals surface area contributed by atoms with E-state index in [0.29, 0.717) is 11.3 Å². The maximum absolute atomic E-state index is 12.9. The second kappa shape index (κ2) is 8.13. The summed E-state index contributed by atoms with van der Waals surface area (Å²) in [5, 5.41) is 0. The van der Waals surface area contributed by atoms with E-state index < -0.39 is 11.9 Å². The van der Waals surface area contributed by atoms with E-state index >= 15 is 0 Å². The molecule has 2 aromatic rings. The highest BCUT2D eigenvalue weighted by atomic mass is 16.5. The van der Waals surface area contributed by atoms with E-state index in [4.69, 9.17) is 9.47 Å². The van der Waals surface area contributed by atoms with Crippen LogP contribution in [0.1, 0.15) is 40.1 Å². The van der Waals surface area contributed by atoms with Gasteiger partial charge in [-0.25, -0.2) is 9.59 Å². The molecular weight excluding hydrogens is 384 g/mol. The first-order valence-electron chi connectivity index (χ1n) is 8.98. The minimum absolute atomic E-state index is 0.155. The Bertz CT molecular complexity index is 1150. The van der Waals surface area contributed by atoms with Gasteiger partial charge in [0, 0.05) is 27.8 Å². The van der Waals surface area contributed by atoms with Crippen molar-refractivity contribution in [1.82, 2.24) is 0 Å². The van der Waals surface area contributed by atoms with E-state index in [2.05, 4.69) is 13.2 Å². The number of hydrogen-bond donors (Lipinski definition) is 0. The lowest BCUT2D eigenvalue weighted by molar-refractivity contribution is -0.130. The molecule has 6 nitrogen and oxygen atoms in total. The van der Waals surface area contributed by atoms with Gasteiger partial charge in [-0.05, 0) is 55.8 Å². The lowest BCUT2D eigenvalue weighted by Gasteiger charge is -2.16. The zero-order valence-electron chi connectivity index (χ0n) is 16.5. The van der Waals surface area contributed by atoms with Crippen LogP contribution >= 0.6 is 0 Å². The van der Waals surface area contributed by atoms with Crippen LogP contribution in [0.25, 0.3) is 5.57 Å². The van der Waals surface area contributed by atoms with E-state index in [9.17, 15) is 19.2 Å². The molecule has 0 amide bonds. The highest BCUT2D eigenvalue weighted by Gasteiger charge is 2.27. The molecule has 0 unspecified atom stereocenters. The van der Waals surface area contributed by atoms with Crippen LogP contribution in [-0.4, -0.2) is 23.5 Å². The molecule has 6 heteroatoms. The first-order chi connectivity index (χ1) is 14.2. The van der Waals surface area contributed by atoms with E-state index in [1.165, 1.54) is 50.3 Å². The predicted molar refractivity (Wildman–Crippen MR) is 110 cm³/mol. The SMILES string of the molecule is C=C(C)C(=O)Oc1ccc(C2=CC(=O)c3cc(OC(=O)C(=C)C)ccc3C2=O)cc1. The normalized spacial score (nSPS) is 12.5. The number of allylic oxidation sites excluding steroid dienone is 2. The van der Waals surface area contributed by atoms with E-state index in [1.807, 2.05) is 0 Å². The minimum Gasteiger partial charge on any atom is -0.423 e. The largest absolute Gasteiger partial charge is 0.423 e. The van der Waals surface area contributed by atoms with Crippen molar-refractivity contribution in [2.24, 2.45) is 0 Å². The lowest BCUT2D eigenvalue weighted by atomic mass is 9.86. The Kier molecular flexibility index (Phi) is 5.60. The molecule has 1 aliphatic carbocycles. The van der Waals surface area contributed by atoms with E-state index in [-0.39, 0.29) is 45.2 Å². The van der Waals surface area contributed by atoms with Crippen molar-refractivity contribution in [2.75, 3.05) is 0 Å². The molecule has 0 atom stereocenters. The Balaban J connectivity index is 1.86. The second-order valence-corrected chi connectivity index (χ2v) is 6.82. The fourth-order valence-electron chi connectivity index (χ4n) is 2.71. The van der Waals surface area contributed by atoms with Crippen LogP contribution in [0, 0.1) is 0 Å². The molecule has 0 radical (unpaired) electrons. The molecule has 2 aromatic carbocycles. The Hall–Kier alpha value is -4.06. The van der Waals surface area contributed by atoms with Gasteiger partial charge in [-0.2, -0.15) is 0 Å². The molecule has 0 aromatic heterocycles. The molecule has 3 rings (SSSR count). The Morgan fingerprint density at radius 2 is 1.30 bits per heavy atom. The van der Waals surface area contributed by atoms with Gasteiger partial charge in [-0.15, -0.1) is 0 Å². The summed E-state index contributed by atoms with van der Waals surface area (Å²) < 4.78 is 10.3. The predicted octanol–water partition coefficient (Wildman–Crippen LogP) is 4.11. The Morgan fingerprint density at radius 1 is 0.767 bits per heavy atom. The van der Waals surface area contributed by atoms with Crippen molar-refractivity contribution in [3.63, 3.8) is 0 Å². The molecule has 0 heterocycles. The summed E-state index contributed by atoms with van der Waals surface area (Å²) in [7, 11) is 0. The highest BCUT2D eigenvalue weighted by Crippen LogP contribution is 2.31. The minimum atomic E-state index is -0.617. The summed E-state index contributed by atoms with van der Waals surface area (Å²) in [6.07, 6.45) is 1.24. The smallest absolute Gasteiger partial charge is 0.338 e. The number of benzene rings is 2. The molecule has 0 fully saturated rings. The molecule has 0 saturated carbocycles. The number of ether oxygens (including phenoxy) is 2. The molecule has 0 N–H and O–H groups in total. The first-order valence-corrected chi connectivity index (χ1v) is 8.98. The summed E-state index contributed by atoms with van der Waals surface area (Å²) in [5.41, 5.74) is 1.58. The fourth-order valence-corrected chi connectivity index (χ4v) is 2.71.